The average Bonchev–Trinajstić information content (AvgIpc) is 3.08. The number of aromatic nitrogens is 1. The van der Waals surface area contributed by atoms with Crippen LogP contribution in [-0.4, -0.2) is 34.3 Å². The summed E-state index contributed by atoms with van der Waals surface area (Å²) in [6.07, 6.45) is 4.70. The molecule has 0 radical (unpaired) electrons. The quantitative estimate of drug-likeness (QED) is 0.660. The summed E-state index contributed by atoms with van der Waals surface area (Å²) in [6.45, 7) is 2.88. The first kappa shape index (κ1) is 15.7. The fraction of sp³-hybridized carbons (Fsp3) is 0.368. The number of hydrogen-bond acceptors (Lipinski definition) is 5. The van der Waals surface area contributed by atoms with Gasteiger partial charge in [0.15, 0.2) is 11.5 Å². The number of carbonyl (C=O) groups excluding carboxylic acids is 1. The lowest BCUT2D eigenvalue weighted by Crippen LogP contribution is -2.42. The van der Waals surface area contributed by atoms with Gasteiger partial charge in [-0.05, 0) is 18.6 Å². The Bertz CT molecular complexity index is 851. The molecule has 1 atom stereocenters. The molecule has 2 aliphatic heterocycles. The number of nitrogens with zero attached hydrogens (tertiary/aromatic N) is 2. The molecular formula is C19H20N2O4. The predicted molar refractivity (Wildman–Crippen MR) is 92.2 cm³/mol. The number of phenolic OH excluding ortho intramolecular Hbond substituents is 2. The standard InChI is InChI=1S/C19H20N2O4/c1-2-3-4-8-21-17-12(6-5-7-20-17)19(18(21)24)11-25-16-10-15(23)14(22)9-13(16)19/h5-7,9-10,22-23H,2-4,8,11H2,1H3. The van der Waals surface area contributed by atoms with E-state index in [1.54, 1.807) is 11.1 Å². The van der Waals surface area contributed by atoms with E-state index < -0.39 is 5.41 Å². The monoisotopic (exact) mass is 340 g/mol. The Labute approximate surface area is 145 Å². The van der Waals surface area contributed by atoms with Gasteiger partial charge in [-0.25, -0.2) is 4.98 Å². The zero-order chi connectivity index (χ0) is 17.6. The number of pyridine rings is 1. The second-order valence-corrected chi connectivity index (χ2v) is 6.57. The molecule has 6 nitrogen and oxygen atoms in total. The van der Waals surface area contributed by atoms with Crippen molar-refractivity contribution in [2.45, 2.75) is 31.6 Å². The molecule has 0 aliphatic carbocycles. The van der Waals surface area contributed by atoms with Crippen LogP contribution in [0.25, 0.3) is 0 Å². The van der Waals surface area contributed by atoms with Crippen molar-refractivity contribution in [3.8, 4) is 17.2 Å². The van der Waals surface area contributed by atoms with Crippen molar-refractivity contribution in [3.63, 3.8) is 0 Å². The Balaban J connectivity index is 1.85. The maximum atomic E-state index is 13.4. The molecule has 0 saturated carbocycles. The van der Waals surface area contributed by atoms with Crippen LogP contribution in [0, 0.1) is 0 Å². The van der Waals surface area contributed by atoms with Gasteiger partial charge in [-0.15, -0.1) is 0 Å². The van der Waals surface area contributed by atoms with Gasteiger partial charge in [-0.2, -0.15) is 0 Å². The number of rotatable bonds is 4. The molecule has 2 N–H and O–H groups in total. The summed E-state index contributed by atoms with van der Waals surface area (Å²) in [5.41, 5.74) is 0.372. The molecule has 1 spiro atoms. The molecule has 2 aromatic rings. The number of unbranched alkanes of at least 4 members (excludes halogenated alkanes) is 2. The minimum absolute atomic E-state index is 0.0823. The summed E-state index contributed by atoms with van der Waals surface area (Å²) >= 11 is 0. The third kappa shape index (κ3) is 2.10. The van der Waals surface area contributed by atoms with E-state index in [0.29, 0.717) is 23.7 Å². The van der Waals surface area contributed by atoms with E-state index in [0.717, 1.165) is 24.8 Å². The highest BCUT2D eigenvalue weighted by atomic mass is 16.5. The van der Waals surface area contributed by atoms with Gasteiger partial charge in [0.25, 0.3) is 0 Å². The molecule has 1 amide bonds. The van der Waals surface area contributed by atoms with Crippen LogP contribution >= 0.6 is 0 Å². The second-order valence-electron chi connectivity index (χ2n) is 6.57. The number of fused-ring (bicyclic) bond motifs is 4. The minimum Gasteiger partial charge on any atom is -0.504 e. The molecule has 1 aromatic heterocycles. The molecule has 0 bridgehead atoms. The number of aromatic hydroxyl groups is 2. The summed E-state index contributed by atoms with van der Waals surface area (Å²) in [6, 6.07) is 6.49. The van der Waals surface area contributed by atoms with Gasteiger partial charge in [-0.1, -0.05) is 25.8 Å². The first-order chi connectivity index (χ1) is 12.1. The zero-order valence-electron chi connectivity index (χ0n) is 14.0. The van der Waals surface area contributed by atoms with Gasteiger partial charge < -0.3 is 14.9 Å². The summed E-state index contributed by atoms with van der Waals surface area (Å²) in [4.78, 5) is 19.6. The van der Waals surface area contributed by atoms with Crippen LogP contribution in [0.5, 0.6) is 17.2 Å². The number of ether oxygens (including phenoxy) is 1. The Hall–Kier alpha value is -2.76. The molecule has 1 unspecified atom stereocenters. The number of phenols is 2. The largest absolute Gasteiger partial charge is 0.504 e. The smallest absolute Gasteiger partial charge is 0.247 e. The number of hydrogen-bond donors (Lipinski definition) is 2. The number of carbonyl (C=O) groups is 1. The topological polar surface area (TPSA) is 82.9 Å². The van der Waals surface area contributed by atoms with Crippen molar-refractivity contribution >= 4 is 11.7 Å². The maximum Gasteiger partial charge on any atom is 0.247 e. The van der Waals surface area contributed by atoms with E-state index in [1.807, 2.05) is 12.1 Å². The van der Waals surface area contributed by atoms with Crippen molar-refractivity contribution in [1.29, 1.82) is 0 Å². The van der Waals surface area contributed by atoms with Crippen molar-refractivity contribution in [3.05, 3.63) is 41.6 Å². The summed E-state index contributed by atoms with van der Waals surface area (Å²) in [5.74, 6) is 0.487. The molecule has 0 saturated heterocycles. The minimum atomic E-state index is -1.00. The molecule has 25 heavy (non-hydrogen) atoms. The van der Waals surface area contributed by atoms with Crippen LogP contribution in [0.15, 0.2) is 30.5 Å². The summed E-state index contributed by atoms with van der Waals surface area (Å²) in [5, 5.41) is 19.7. The molecule has 6 heteroatoms. The van der Waals surface area contributed by atoms with Gasteiger partial charge in [0, 0.05) is 29.9 Å². The first-order valence-corrected chi connectivity index (χ1v) is 8.56. The molecule has 2 aliphatic rings. The normalized spacial score (nSPS) is 20.7. The van der Waals surface area contributed by atoms with Crippen molar-refractivity contribution in [2.24, 2.45) is 0 Å². The Kier molecular flexibility index (Phi) is 3.56. The van der Waals surface area contributed by atoms with Gasteiger partial charge in [-0.3, -0.25) is 9.69 Å². The highest BCUT2D eigenvalue weighted by Crippen LogP contribution is 2.53. The van der Waals surface area contributed by atoms with Gasteiger partial charge >= 0.3 is 0 Å². The molecular weight excluding hydrogens is 320 g/mol. The molecule has 1 aromatic carbocycles. The Morgan fingerprint density at radius 2 is 2.04 bits per heavy atom. The van der Waals surface area contributed by atoms with E-state index in [9.17, 15) is 15.0 Å². The molecule has 3 heterocycles. The van der Waals surface area contributed by atoms with Gasteiger partial charge in [0.05, 0.1) is 0 Å². The number of anilines is 1. The molecule has 4 rings (SSSR count). The van der Waals surface area contributed by atoms with Gasteiger partial charge in [0.2, 0.25) is 5.91 Å². The lowest BCUT2D eigenvalue weighted by atomic mass is 9.77. The lowest BCUT2D eigenvalue weighted by molar-refractivity contribution is -0.122. The number of amides is 1. The third-order valence-electron chi connectivity index (χ3n) is 5.08. The predicted octanol–water partition coefficient (Wildman–Crippen LogP) is 2.71. The fourth-order valence-electron chi connectivity index (χ4n) is 3.79. The second kappa shape index (κ2) is 5.65. The fourth-order valence-corrected chi connectivity index (χ4v) is 3.79. The van der Waals surface area contributed by atoms with E-state index in [1.165, 1.54) is 12.1 Å². The third-order valence-corrected chi connectivity index (χ3v) is 5.08. The van der Waals surface area contributed by atoms with E-state index >= 15 is 0 Å². The first-order valence-electron chi connectivity index (χ1n) is 8.56. The van der Waals surface area contributed by atoms with E-state index in [-0.39, 0.29) is 24.0 Å². The van der Waals surface area contributed by atoms with Gasteiger partial charge in [0.1, 0.15) is 23.6 Å². The van der Waals surface area contributed by atoms with Crippen molar-refractivity contribution < 1.29 is 19.7 Å². The Morgan fingerprint density at radius 1 is 1.24 bits per heavy atom. The van der Waals surface area contributed by atoms with Crippen LogP contribution in [0.4, 0.5) is 5.82 Å². The van der Waals surface area contributed by atoms with Crippen LogP contribution in [0.2, 0.25) is 0 Å². The highest BCUT2D eigenvalue weighted by Gasteiger charge is 2.57. The highest BCUT2D eigenvalue weighted by molar-refractivity contribution is 6.10. The lowest BCUT2D eigenvalue weighted by Gasteiger charge is -2.22. The van der Waals surface area contributed by atoms with Crippen molar-refractivity contribution in [2.75, 3.05) is 18.1 Å². The number of benzene rings is 1. The zero-order valence-corrected chi connectivity index (χ0v) is 14.0. The summed E-state index contributed by atoms with van der Waals surface area (Å²) < 4.78 is 5.73. The van der Waals surface area contributed by atoms with Crippen LogP contribution < -0.4 is 9.64 Å². The molecule has 130 valence electrons. The Morgan fingerprint density at radius 3 is 2.84 bits per heavy atom. The maximum absolute atomic E-state index is 13.4. The van der Waals surface area contributed by atoms with Crippen LogP contribution in [-0.2, 0) is 10.2 Å². The average molecular weight is 340 g/mol. The van der Waals surface area contributed by atoms with E-state index in [2.05, 4.69) is 11.9 Å². The summed E-state index contributed by atoms with van der Waals surface area (Å²) in [7, 11) is 0. The SMILES string of the molecule is CCCCCN1C(=O)C2(COc3cc(O)c(O)cc32)c2cccnc21. The molecule has 0 fully saturated rings. The van der Waals surface area contributed by atoms with Crippen LogP contribution in [0.1, 0.15) is 37.3 Å². The van der Waals surface area contributed by atoms with Crippen molar-refractivity contribution in [1.82, 2.24) is 4.98 Å². The van der Waals surface area contributed by atoms with Crippen LogP contribution in [0.3, 0.4) is 0 Å². The van der Waals surface area contributed by atoms with E-state index in [4.69, 9.17) is 4.74 Å².